The molecule has 0 bridgehead atoms. The topological polar surface area (TPSA) is 173 Å². The van der Waals surface area contributed by atoms with Gasteiger partial charge in [-0.3, -0.25) is 4.79 Å². The zero-order valence-electron chi connectivity index (χ0n) is 9.17. The van der Waals surface area contributed by atoms with Crippen LogP contribution in [0.25, 0.3) is 0 Å². The first-order valence-electron chi connectivity index (χ1n) is 5.02. The van der Waals surface area contributed by atoms with Gasteiger partial charge in [0.05, 0.1) is 12.6 Å². The van der Waals surface area contributed by atoms with Gasteiger partial charge in [-0.15, -0.1) is 0 Å². The molecule has 1 aliphatic rings. The van der Waals surface area contributed by atoms with Gasteiger partial charge in [-0.2, -0.15) is 0 Å². The first kappa shape index (κ1) is 15.5. The Morgan fingerprint density at radius 3 is 2.44 bits per heavy atom. The number of hydrogen-bond acceptors (Lipinski definition) is 9. The highest BCUT2D eigenvalue weighted by atomic mass is 31.1. The molecule has 9 nitrogen and oxygen atoms in total. The average molecular weight is 283 g/mol. The Kier molecular flexibility index (Phi) is 4.87. The molecule has 0 aromatic rings. The number of carbonyl (C=O) groups excluding carboxylic acids is 1. The molecule has 2 unspecified atom stereocenters. The summed E-state index contributed by atoms with van der Waals surface area (Å²) in [5.74, 6) is -4.03. The summed E-state index contributed by atoms with van der Waals surface area (Å²) in [5, 5.41) is 37.8. The smallest absolute Gasteiger partial charge is 0.316 e. The summed E-state index contributed by atoms with van der Waals surface area (Å²) in [5.41, 5.74) is 5.36. The van der Waals surface area contributed by atoms with E-state index in [1.165, 1.54) is 0 Å². The number of aliphatic hydroxyl groups excluding tert-OH is 3. The van der Waals surface area contributed by atoms with Gasteiger partial charge in [0, 0.05) is 0 Å². The van der Waals surface area contributed by atoms with Crippen molar-refractivity contribution in [2.45, 2.75) is 30.1 Å². The van der Waals surface area contributed by atoms with E-state index in [1.54, 1.807) is 0 Å². The third-order valence-electron chi connectivity index (χ3n) is 2.73. The minimum absolute atomic E-state index is 0.788. The number of aliphatic hydroxyl groups is 4. The van der Waals surface area contributed by atoms with Gasteiger partial charge < -0.3 is 35.8 Å². The van der Waals surface area contributed by atoms with Crippen molar-refractivity contribution in [1.29, 1.82) is 0 Å². The number of hydrogen-bond donors (Lipinski definition) is 5. The predicted octanol–water partition coefficient (Wildman–Crippen LogP) is -4.21. The summed E-state index contributed by atoms with van der Waals surface area (Å²) in [6, 6.07) is -1.72. The Bertz CT molecular complexity index is 350. The molecule has 18 heavy (non-hydrogen) atoms. The molecule has 1 aliphatic heterocycles. The molecule has 0 radical (unpaired) electrons. The lowest BCUT2D eigenvalue weighted by Gasteiger charge is -2.44. The van der Waals surface area contributed by atoms with Gasteiger partial charge in [0.25, 0.3) is 0 Å². The fraction of sp³-hybridized carbons (Fsp3) is 0.875. The standard InChI is InChI=1S/C8H14NO8P/c9-7-6(13)5(12)3(1-10)17-8(7,14)4(11)2-18(15)16/h3,5-7,10,12-14H,1-2,9H2/t3-,5-,6+,7-,8?/m1/s1. The van der Waals surface area contributed by atoms with Crippen molar-refractivity contribution in [2.75, 3.05) is 12.8 Å². The van der Waals surface area contributed by atoms with E-state index in [9.17, 15) is 29.6 Å². The maximum absolute atomic E-state index is 11.5. The molecule has 0 spiro atoms. The Morgan fingerprint density at radius 1 is 1.44 bits per heavy atom. The zero-order chi connectivity index (χ0) is 14.1. The van der Waals surface area contributed by atoms with Gasteiger partial charge in [0.1, 0.15) is 18.3 Å². The van der Waals surface area contributed by atoms with E-state index in [2.05, 4.69) is 0 Å². The molecule has 0 aliphatic carbocycles. The number of ether oxygens (including phenoxy) is 1. The van der Waals surface area contributed by atoms with Crippen LogP contribution >= 0.6 is 8.03 Å². The third kappa shape index (κ3) is 2.73. The van der Waals surface area contributed by atoms with E-state index in [0.29, 0.717) is 0 Å². The monoisotopic (exact) mass is 283 g/mol. The summed E-state index contributed by atoms with van der Waals surface area (Å²) < 4.78 is 15.2. The van der Waals surface area contributed by atoms with Crippen LogP contribution in [0, 0.1) is 0 Å². The predicted molar refractivity (Wildman–Crippen MR) is 54.4 cm³/mol. The Balaban J connectivity index is 2.98. The Morgan fingerprint density at radius 2 is 2.00 bits per heavy atom. The van der Waals surface area contributed by atoms with Gasteiger partial charge in [-0.1, -0.05) is 4.57 Å². The summed E-state index contributed by atoms with van der Waals surface area (Å²) in [6.45, 7) is -0.788. The summed E-state index contributed by atoms with van der Waals surface area (Å²) in [4.78, 5) is 22.0. The molecular formula is C8H14NO8P. The SMILES string of the molecule is N[C@@H]1[C@@H](O)[C@H](O)[C@@H](CO)OC1(O)C(=O)C[P+](=O)[O-]. The summed E-state index contributed by atoms with van der Waals surface area (Å²) in [6.07, 6.45) is -5.81. The third-order valence-corrected chi connectivity index (χ3v) is 3.28. The van der Waals surface area contributed by atoms with Crippen LogP contribution in [0.5, 0.6) is 0 Å². The normalized spacial score (nSPS) is 41.6. The van der Waals surface area contributed by atoms with Crippen LogP contribution in [-0.4, -0.2) is 69.1 Å². The maximum Gasteiger partial charge on any atom is 0.316 e. The molecule has 1 saturated heterocycles. The second-order valence-electron chi connectivity index (χ2n) is 3.96. The van der Waals surface area contributed by atoms with Gasteiger partial charge >= 0.3 is 8.03 Å². The number of ketones is 1. The number of carbonyl (C=O) groups is 1. The van der Waals surface area contributed by atoms with E-state index in [-0.39, 0.29) is 0 Å². The van der Waals surface area contributed by atoms with Crippen molar-refractivity contribution < 1.29 is 39.4 Å². The van der Waals surface area contributed by atoms with Crippen LogP contribution in [0.3, 0.4) is 0 Å². The van der Waals surface area contributed by atoms with Crippen molar-refractivity contribution in [2.24, 2.45) is 5.73 Å². The maximum atomic E-state index is 11.5. The quantitative estimate of drug-likeness (QED) is 0.320. The molecule has 6 atom stereocenters. The van der Waals surface area contributed by atoms with Crippen molar-refractivity contribution in [1.82, 2.24) is 0 Å². The van der Waals surface area contributed by atoms with Crippen LogP contribution in [0.1, 0.15) is 0 Å². The largest absolute Gasteiger partial charge is 0.595 e. The lowest BCUT2D eigenvalue weighted by molar-refractivity contribution is -0.296. The fourth-order valence-electron chi connectivity index (χ4n) is 1.67. The molecular weight excluding hydrogens is 269 g/mol. The van der Waals surface area contributed by atoms with Crippen LogP contribution in [0.15, 0.2) is 0 Å². The second kappa shape index (κ2) is 5.64. The number of rotatable bonds is 4. The van der Waals surface area contributed by atoms with E-state index >= 15 is 0 Å². The number of nitrogens with two attached hydrogens (primary N) is 1. The average Bonchev–Trinajstić information content (AvgIpc) is 2.30. The van der Waals surface area contributed by atoms with Crippen LogP contribution in [-0.2, 0) is 14.1 Å². The van der Waals surface area contributed by atoms with Crippen molar-refractivity contribution >= 4 is 13.8 Å². The minimum Gasteiger partial charge on any atom is -0.595 e. The van der Waals surface area contributed by atoms with E-state index in [0.717, 1.165) is 0 Å². The van der Waals surface area contributed by atoms with Gasteiger partial charge in [0.2, 0.25) is 17.7 Å². The Labute approximate surface area is 103 Å². The molecule has 0 amide bonds. The minimum atomic E-state index is -3.11. The molecule has 1 heterocycles. The van der Waals surface area contributed by atoms with E-state index in [1.807, 2.05) is 0 Å². The summed E-state index contributed by atoms with van der Waals surface area (Å²) >= 11 is 0. The number of Topliss-reactive ketones (excluding diaryl/α,β-unsaturated/α-hetero) is 1. The molecule has 0 saturated carbocycles. The second-order valence-corrected chi connectivity index (χ2v) is 4.94. The highest BCUT2D eigenvalue weighted by molar-refractivity contribution is 7.37. The highest BCUT2D eigenvalue weighted by Gasteiger charge is 2.56. The van der Waals surface area contributed by atoms with Crippen LogP contribution in [0.4, 0.5) is 0 Å². The van der Waals surface area contributed by atoms with Gasteiger partial charge in [-0.25, -0.2) is 0 Å². The van der Waals surface area contributed by atoms with E-state index in [4.69, 9.17) is 15.6 Å². The Hall–Kier alpha value is -0.510. The van der Waals surface area contributed by atoms with Gasteiger partial charge in [-0.05, 0) is 0 Å². The van der Waals surface area contributed by atoms with Crippen LogP contribution < -0.4 is 10.6 Å². The fourth-order valence-corrected chi connectivity index (χ4v) is 2.13. The molecule has 0 aromatic heterocycles. The van der Waals surface area contributed by atoms with Crippen LogP contribution in [0.2, 0.25) is 0 Å². The first-order chi connectivity index (χ1) is 8.24. The van der Waals surface area contributed by atoms with Crippen molar-refractivity contribution in [3.63, 3.8) is 0 Å². The molecule has 10 heteroatoms. The lowest BCUT2D eigenvalue weighted by Crippen LogP contribution is -2.71. The van der Waals surface area contributed by atoms with E-state index < -0.39 is 56.7 Å². The van der Waals surface area contributed by atoms with Gasteiger partial charge in [0.15, 0.2) is 0 Å². The molecule has 104 valence electrons. The molecule has 1 fully saturated rings. The molecule has 6 N–H and O–H groups in total. The lowest BCUT2D eigenvalue weighted by atomic mass is 9.89. The summed E-state index contributed by atoms with van der Waals surface area (Å²) in [7, 11) is -3.11. The van der Waals surface area contributed by atoms with Crippen molar-refractivity contribution in [3.8, 4) is 0 Å². The highest BCUT2D eigenvalue weighted by Crippen LogP contribution is 2.29. The van der Waals surface area contributed by atoms with Crippen molar-refractivity contribution in [3.05, 3.63) is 0 Å². The first-order valence-corrected chi connectivity index (χ1v) is 6.38. The molecule has 0 aromatic carbocycles. The zero-order valence-corrected chi connectivity index (χ0v) is 10.1. The molecule has 1 rings (SSSR count).